The summed E-state index contributed by atoms with van der Waals surface area (Å²) in [4.78, 5) is 21.7. The van der Waals surface area contributed by atoms with Gasteiger partial charge in [0.05, 0.1) is 0 Å². The second-order valence-corrected chi connectivity index (χ2v) is 3.79. The van der Waals surface area contributed by atoms with E-state index in [1.54, 1.807) is 0 Å². The fourth-order valence-corrected chi connectivity index (χ4v) is 1.26. The molecule has 1 atom stereocenters. The van der Waals surface area contributed by atoms with E-state index in [9.17, 15) is 9.59 Å². The molecule has 0 aliphatic heterocycles. The van der Waals surface area contributed by atoms with Crippen LogP contribution in [0.2, 0.25) is 0 Å². The molecule has 0 fully saturated rings. The molecule has 0 aromatic heterocycles. The summed E-state index contributed by atoms with van der Waals surface area (Å²) in [6.07, 6.45) is 5.86. The molecule has 2 N–H and O–H groups in total. The van der Waals surface area contributed by atoms with Crippen LogP contribution in [0.5, 0.6) is 0 Å². The van der Waals surface area contributed by atoms with Crippen LogP contribution in [0.4, 0.5) is 0 Å². The van der Waals surface area contributed by atoms with Crippen molar-refractivity contribution < 1.29 is 14.7 Å². The molecule has 0 aromatic carbocycles. The molecular formula is C11H21NO3. The third kappa shape index (κ3) is 7.97. The van der Waals surface area contributed by atoms with Crippen LogP contribution in [0, 0.1) is 0 Å². The fraction of sp³-hybridized carbons (Fsp3) is 0.818. The van der Waals surface area contributed by atoms with Gasteiger partial charge >= 0.3 is 5.97 Å². The van der Waals surface area contributed by atoms with Gasteiger partial charge in [0.25, 0.3) is 0 Å². The first-order valence-corrected chi connectivity index (χ1v) is 5.60. The Kier molecular flexibility index (Phi) is 7.68. The third-order valence-electron chi connectivity index (χ3n) is 2.26. The van der Waals surface area contributed by atoms with Gasteiger partial charge in [-0.1, -0.05) is 32.6 Å². The van der Waals surface area contributed by atoms with Gasteiger partial charge in [0, 0.05) is 6.42 Å². The molecular weight excluding hydrogens is 194 g/mol. The van der Waals surface area contributed by atoms with Gasteiger partial charge in [-0.25, -0.2) is 0 Å². The van der Waals surface area contributed by atoms with Gasteiger partial charge < -0.3 is 10.4 Å². The Hall–Kier alpha value is -1.06. The zero-order valence-corrected chi connectivity index (χ0v) is 9.58. The van der Waals surface area contributed by atoms with Crippen LogP contribution in [-0.4, -0.2) is 23.0 Å². The van der Waals surface area contributed by atoms with Crippen molar-refractivity contribution >= 4 is 11.9 Å². The summed E-state index contributed by atoms with van der Waals surface area (Å²) in [6.45, 7) is 3.61. The molecule has 0 aliphatic rings. The molecule has 0 aromatic rings. The van der Waals surface area contributed by atoms with E-state index in [-0.39, 0.29) is 5.91 Å². The minimum atomic E-state index is -0.991. The largest absolute Gasteiger partial charge is 0.480 e. The van der Waals surface area contributed by atoms with Crippen LogP contribution in [0.1, 0.15) is 52.4 Å². The zero-order chi connectivity index (χ0) is 11.7. The van der Waals surface area contributed by atoms with Gasteiger partial charge in [0.2, 0.25) is 5.91 Å². The molecule has 0 heterocycles. The number of rotatable bonds is 8. The zero-order valence-electron chi connectivity index (χ0n) is 9.58. The van der Waals surface area contributed by atoms with Crippen molar-refractivity contribution in [3.05, 3.63) is 0 Å². The van der Waals surface area contributed by atoms with E-state index in [1.165, 1.54) is 19.8 Å². The summed E-state index contributed by atoms with van der Waals surface area (Å²) in [5.41, 5.74) is 0. The summed E-state index contributed by atoms with van der Waals surface area (Å²) in [6, 6.07) is -0.784. The van der Waals surface area contributed by atoms with E-state index in [4.69, 9.17) is 5.11 Å². The van der Waals surface area contributed by atoms with Gasteiger partial charge in [-0.2, -0.15) is 0 Å². The molecule has 0 saturated carbocycles. The highest BCUT2D eigenvalue weighted by atomic mass is 16.4. The Bertz CT molecular complexity index is 204. The van der Waals surface area contributed by atoms with Crippen molar-refractivity contribution in [1.29, 1.82) is 0 Å². The molecule has 1 unspecified atom stereocenters. The maximum Gasteiger partial charge on any atom is 0.325 e. The smallest absolute Gasteiger partial charge is 0.325 e. The minimum absolute atomic E-state index is 0.165. The number of nitrogens with one attached hydrogen (secondary N) is 1. The monoisotopic (exact) mass is 215 g/mol. The van der Waals surface area contributed by atoms with Crippen molar-refractivity contribution in [2.45, 2.75) is 58.4 Å². The number of carboxylic acid groups (broad SMARTS) is 1. The van der Waals surface area contributed by atoms with Gasteiger partial charge in [0.1, 0.15) is 6.04 Å². The molecule has 15 heavy (non-hydrogen) atoms. The van der Waals surface area contributed by atoms with Crippen LogP contribution in [0.3, 0.4) is 0 Å². The number of aliphatic carboxylic acids is 1. The van der Waals surface area contributed by atoms with E-state index >= 15 is 0 Å². The van der Waals surface area contributed by atoms with Crippen molar-refractivity contribution in [1.82, 2.24) is 5.32 Å². The summed E-state index contributed by atoms with van der Waals surface area (Å²) in [7, 11) is 0. The van der Waals surface area contributed by atoms with Crippen LogP contribution in [0.15, 0.2) is 0 Å². The molecule has 88 valence electrons. The lowest BCUT2D eigenvalue weighted by atomic mass is 10.1. The quantitative estimate of drug-likeness (QED) is 0.608. The van der Waals surface area contributed by atoms with E-state index < -0.39 is 12.0 Å². The second kappa shape index (κ2) is 8.26. The maximum atomic E-state index is 11.2. The highest BCUT2D eigenvalue weighted by Gasteiger charge is 2.12. The molecule has 0 bridgehead atoms. The van der Waals surface area contributed by atoms with Crippen LogP contribution in [-0.2, 0) is 9.59 Å². The summed E-state index contributed by atoms with van der Waals surface area (Å²) in [5, 5.41) is 11.0. The first kappa shape index (κ1) is 13.9. The van der Waals surface area contributed by atoms with Gasteiger partial charge in [-0.15, -0.1) is 0 Å². The molecule has 0 rings (SSSR count). The lowest BCUT2D eigenvalue weighted by Crippen LogP contribution is -2.38. The normalized spacial score (nSPS) is 12.1. The summed E-state index contributed by atoms with van der Waals surface area (Å²) in [5.74, 6) is -1.16. The number of hydrogen-bond donors (Lipinski definition) is 2. The van der Waals surface area contributed by atoms with Crippen LogP contribution in [0.25, 0.3) is 0 Å². The second-order valence-electron chi connectivity index (χ2n) is 3.79. The standard InChI is InChI=1S/C11H21NO3/c1-3-4-5-6-7-8-10(13)12-9(2)11(14)15/h9H,3-8H2,1-2H3,(H,12,13)(H,14,15). The first-order valence-electron chi connectivity index (χ1n) is 5.60. The predicted molar refractivity (Wildman–Crippen MR) is 58.6 cm³/mol. The van der Waals surface area contributed by atoms with E-state index in [0.29, 0.717) is 6.42 Å². The molecule has 4 heteroatoms. The molecule has 0 saturated heterocycles. The van der Waals surface area contributed by atoms with Crippen molar-refractivity contribution in [3.8, 4) is 0 Å². The Morgan fingerprint density at radius 1 is 1.20 bits per heavy atom. The van der Waals surface area contributed by atoms with Crippen molar-refractivity contribution in [2.75, 3.05) is 0 Å². The van der Waals surface area contributed by atoms with Crippen molar-refractivity contribution in [3.63, 3.8) is 0 Å². The molecule has 0 aliphatic carbocycles. The SMILES string of the molecule is CCCCCCCC(=O)NC(C)C(=O)O. The number of amides is 1. The minimum Gasteiger partial charge on any atom is -0.480 e. The fourth-order valence-electron chi connectivity index (χ4n) is 1.26. The Labute approximate surface area is 91.1 Å². The van der Waals surface area contributed by atoms with Gasteiger partial charge in [0.15, 0.2) is 0 Å². The number of unbranched alkanes of at least 4 members (excludes halogenated alkanes) is 4. The predicted octanol–water partition coefficient (Wildman–Crippen LogP) is 1.94. The molecule has 0 radical (unpaired) electrons. The maximum absolute atomic E-state index is 11.2. The molecule has 4 nitrogen and oxygen atoms in total. The van der Waals surface area contributed by atoms with E-state index in [1.807, 2.05) is 0 Å². The highest BCUT2D eigenvalue weighted by molar-refractivity contribution is 5.83. The molecule has 1 amide bonds. The van der Waals surface area contributed by atoms with Crippen LogP contribution >= 0.6 is 0 Å². The third-order valence-corrected chi connectivity index (χ3v) is 2.26. The Morgan fingerprint density at radius 2 is 1.80 bits per heavy atom. The Balaban J connectivity index is 3.45. The van der Waals surface area contributed by atoms with Crippen LogP contribution < -0.4 is 5.32 Å². The lowest BCUT2D eigenvalue weighted by molar-refractivity contribution is -0.141. The average Bonchev–Trinajstić information content (AvgIpc) is 2.17. The first-order chi connectivity index (χ1) is 7.07. The van der Waals surface area contributed by atoms with Crippen molar-refractivity contribution in [2.24, 2.45) is 0 Å². The topological polar surface area (TPSA) is 66.4 Å². The molecule has 0 spiro atoms. The van der Waals surface area contributed by atoms with Gasteiger partial charge in [-0.3, -0.25) is 9.59 Å². The van der Waals surface area contributed by atoms with E-state index in [0.717, 1.165) is 19.3 Å². The Morgan fingerprint density at radius 3 is 2.33 bits per heavy atom. The number of carbonyl (C=O) groups excluding carboxylic acids is 1. The highest BCUT2D eigenvalue weighted by Crippen LogP contribution is 2.04. The van der Waals surface area contributed by atoms with E-state index in [2.05, 4.69) is 12.2 Å². The number of hydrogen-bond acceptors (Lipinski definition) is 2. The summed E-state index contributed by atoms with van der Waals surface area (Å²) >= 11 is 0. The lowest BCUT2D eigenvalue weighted by Gasteiger charge is -2.08. The average molecular weight is 215 g/mol. The number of carbonyl (C=O) groups is 2. The van der Waals surface area contributed by atoms with Gasteiger partial charge in [-0.05, 0) is 13.3 Å². The summed E-state index contributed by atoms with van der Waals surface area (Å²) < 4.78 is 0. The number of carboxylic acids is 1.